The van der Waals surface area contributed by atoms with Crippen LogP contribution in [-0.4, -0.2) is 30.8 Å². The molecule has 3 rings (SSSR count). The fourth-order valence-electron chi connectivity index (χ4n) is 3.56. The Balaban J connectivity index is 1.54. The van der Waals surface area contributed by atoms with E-state index in [1.54, 1.807) is 0 Å². The second kappa shape index (κ2) is 5.74. The fraction of sp³-hybridized carbons (Fsp3) is 0.647. The predicted octanol–water partition coefficient (Wildman–Crippen LogP) is 2.46. The first-order chi connectivity index (χ1) is 9.66. The zero-order chi connectivity index (χ0) is 14.0. The average Bonchev–Trinajstić information content (AvgIpc) is 2.81. The molecular weight excluding hydrogens is 248 g/mol. The third-order valence-corrected chi connectivity index (χ3v) is 4.84. The van der Waals surface area contributed by atoms with Gasteiger partial charge in [-0.15, -0.1) is 0 Å². The van der Waals surface area contributed by atoms with Crippen molar-refractivity contribution in [2.45, 2.75) is 50.7 Å². The molecule has 1 aliphatic carbocycles. The summed E-state index contributed by atoms with van der Waals surface area (Å²) < 4.78 is 0. The Hall–Kier alpha value is -1.06. The molecule has 0 radical (unpaired) electrons. The molecule has 1 aromatic rings. The van der Waals surface area contributed by atoms with Crippen molar-refractivity contribution in [2.24, 2.45) is 0 Å². The Morgan fingerprint density at radius 3 is 2.85 bits per heavy atom. The van der Waals surface area contributed by atoms with Gasteiger partial charge >= 0.3 is 0 Å². The van der Waals surface area contributed by atoms with E-state index in [-0.39, 0.29) is 0 Å². The van der Waals surface area contributed by atoms with Crippen LogP contribution in [0.4, 0.5) is 5.69 Å². The van der Waals surface area contributed by atoms with Gasteiger partial charge in [-0.25, -0.2) is 0 Å². The fourth-order valence-corrected chi connectivity index (χ4v) is 3.56. The van der Waals surface area contributed by atoms with Crippen LogP contribution < -0.4 is 10.2 Å². The van der Waals surface area contributed by atoms with Gasteiger partial charge in [-0.1, -0.05) is 31.4 Å². The van der Waals surface area contributed by atoms with Crippen LogP contribution in [0.5, 0.6) is 0 Å². The molecule has 110 valence electrons. The molecule has 0 bridgehead atoms. The molecule has 1 saturated carbocycles. The summed E-state index contributed by atoms with van der Waals surface area (Å²) in [5, 5.41) is 13.9. The molecule has 0 atom stereocenters. The number of fused-ring (bicyclic) bond motifs is 1. The van der Waals surface area contributed by atoms with Crippen LogP contribution in [0.3, 0.4) is 0 Å². The molecule has 2 N–H and O–H groups in total. The van der Waals surface area contributed by atoms with Gasteiger partial charge in [-0.05, 0) is 36.5 Å². The maximum Gasteiger partial charge on any atom is 0.0771 e. The van der Waals surface area contributed by atoms with Gasteiger partial charge in [0, 0.05) is 32.4 Å². The van der Waals surface area contributed by atoms with Gasteiger partial charge in [0.2, 0.25) is 0 Å². The van der Waals surface area contributed by atoms with Crippen molar-refractivity contribution in [3.8, 4) is 0 Å². The van der Waals surface area contributed by atoms with E-state index in [2.05, 4.69) is 35.5 Å². The van der Waals surface area contributed by atoms with E-state index in [4.69, 9.17) is 0 Å². The van der Waals surface area contributed by atoms with Gasteiger partial charge in [0.1, 0.15) is 0 Å². The highest BCUT2D eigenvalue weighted by Crippen LogP contribution is 2.28. The van der Waals surface area contributed by atoms with Crippen LogP contribution in [0.25, 0.3) is 0 Å². The Morgan fingerprint density at radius 1 is 1.25 bits per heavy atom. The quantitative estimate of drug-likeness (QED) is 0.885. The van der Waals surface area contributed by atoms with Crippen LogP contribution in [0, 0.1) is 0 Å². The molecule has 1 aliphatic heterocycles. The summed E-state index contributed by atoms with van der Waals surface area (Å²) in [6, 6.07) is 6.75. The van der Waals surface area contributed by atoms with Crippen molar-refractivity contribution in [3.05, 3.63) is 29.3 Å². The van der Waals surface area contributed by atoms with Gasteiger partial charge < -0.3 is 15.3 Å². The summed E-state index contributed by atoms with van der Waals surface area (Å²) in [6.07, 6.45) is 6.68. The number of likely N-dealkylation sites (N-methyl/N-ethyl adjacent to an activating group) is 1. The van der Waals surface area contributed by atoms with Crippen molar-refractivity contribution in [1.29, 1.82) is 0 Å². The molecular formula is C17H26N2O. The van der Waals surface area contributed by atoms with E-state index in [0.29, 0.717) is 0 Å². The molecule has 0 spiro atoms. The molecule has 0 saturated heterocycles. The Bertz CT molecular complexity index is 466. The standard InChI is InChI=1S/C17H26N2O/c1-19-10-7-15-11-14(5-6-16(15)19)12-18-13-17(20)8-3-2-4-9-17/h5-6,11,18,20H,2-4,7-10,12-13H2,1H3. The predicted molar refractivity (Wildman–Crippen MR) is 83.2 cm³/mol. The second-order valence-electron chi connectivity index (χ2n) is 6.52. The lowest BCUT2D eigenvalue weighted by molar-refractivity contribution is 0.00468. The van der Waals surface area contributed by atoms with Crippen molar-refractivity contribution >= 4 is 5.69 Å². The van der Waals surface area contributed by atoms with E-state index in [1.165, 1.54) is 36.1 Å². The van der Waals surface area contributed by atoms with Crippen LogP contribution in [0.1, 0.15) is 43.2 Å². The third-order valence-electron chi connectivity index (χ3n) is 4.84. The van der Waals surface area contributed by atoms with Gasteiger partial charge in [0.25, 0.3) is 0 Å². The highest BCUT2D eigenvalue weighted by molar-refractivity contribution is 5.58. The number of nitrogens with zero attached hydrogens (tertiary/aromatic N) is 1. The van der Waals surface area contributed by atoms with E-state index < -0.39 is 5.60 Å². The van der Waals surface area contributed by atoms with Crippen molar-refractivity contribution in [1.82, 2.24) is 5.32 Å². The first-order valence-corrected chi connectivity index (χ1v) is 7.92. The number of aliphatic hydroxyl groups is 1. The normalized spacial score (nSPS) is 21.0. The van der Waals surface area contributed by atoms with E-state index in [9.17, 15) is 5.11 Å². The molecule has 3 nitrogen and oxygen atoms in total. The SMILES string of the molecule is CN1CCc2cc(CNCC3(O)CCCCC3)ccc21. The zero-order valence-electron chi connectivity index (χ0n) is 12.5. The number of hydrogen-bond acceptors (Lipinski definition) is 3. The van der Waals surface area contributed by atoms with Gasteiger partial charge in [0.15, 0.2) is 0 Å². The summed E-state index contributed by atoms with van der Waals surface area (Å²) >= 11 is 0. The van der Waals surface area contributed by atoms with Crippen molar-refractivity contribution in [2.75, 3.05) is 25.0 Å². The second-order valence-corrected chi connectivity index (χ2v) is 6.52. The first kappa shape index (κ1) is 13.9. The average molecular weight is 274 g/mol. The summed E-state index contributed by atoms with van der Waals surface area (Å²) in [4.78, 5) is 2.32. The summed E-state index contributed by atoms with van der Waals surface area (Å²) in [7, 11) is 2.16. The maximum absolute atomic E-state index is 10.5. The van der Waals surface area contributed by atoms with Crippen LogP contribution >= 0.6 is 0 Å². The molecule has 1 fully saturated rings. The third kappa shape index (κ3) is 2.99. The molecule has 0 amide bonds. The largest absolute Gasteiger partial charge is 0.389 e. The van der Waals surface area contributed by atoms with Crippen LogP contribution in [0.2, 0.25) is 0 Å². The molecule has 2 aliphatic rings. The lowest BCUT2D eigenvalue weighted by Gasteiger charge is -2.32. The van der Waals surface area contributed by atoms with Gasteiger partial charge in [-0.2, -0.15) is 0 Å². The lowest BCUT2D eigenvalue weighted by Crippen LogP contribution is -2.41. The molecule has 0 unspecified atom stereocenters. The Kier molecular flexibility index (Phi) is 3.99. The summed E-state index contributed by atoms with van der Waals surface area (Å²) in [6.45, 7) is 2.72. The summed E-state index contributed by atoms with van der Waals surface area (Å²) in [5.74, 6) is 0. The number of anilines is 1. The Labute approximate surface area is 122 Å². The number of rotatable bonds is 4. The zero-order valence-corrected chi connectivity index (χ0v) is 12.5. The molecule has 20 heavy (non-hydrogen) atoms. The Morgan fingerprint density at radius 2 is 2.05 bits per heavy atom. The number of hydrogen-bond donors (Lipinski definition) is 2. The van der Waals surface area contributed by atoms with Crippen LogP contribution in [0.15, 0.2) is 18.2 Å². The minimum absolute atomic E-state index is 0.463. The highest BCUT2D eigenvalue weighted by Gasteiger charge is 2.28. The topological polar surface area (TPSA) is 35.5 Å². The molecule has 1 heterocycles. The van der Waals surface area contributed by atoms with Crippen LogP contribution in [-0.2, 0) is 13.0 Å². The van der Waals surface area contributed by atoms with E-state index >= 15 is 0 Å². The lowest BCUT2D eigenvalue weighted by atomic mass is 9.85. The first-order valence-electron chi connectivity index (χ1n) is 7.92. The minimum atomic E-state index is -0.463. The maximum atomic E-state index is 10.5. The number of benzene rings is 1. The number of nitrogens with one attached hydrogen (secondary N) is 1. The van der Waals surface area contributed by atoms with Gasteiger partial charge in [0.05, 0.1) is 5.60 Å². The highest BCUT2D eigenvalue weighted by atomic mass is 16.3. The van der Waals surface area contributed by atoms with E-state index in [0.717, 1.165) is 38.9 Å². The van der Waals surface area contributed by atoms with Crippen molar-refractivity contribution < 1.29 is 5.11 Å². The van der Waals surface area contributed by atoms with Crippen molar-refractivity contribution in [3.63, 3.8) is 0 Å². The summed E-state index contributed by atoms with van der Waals surface area (Å²) in [5.41, 5.74) is 3.70. The monoisotopic (exact) mass is 274 g/mol. The molecule has 3 heteroatoms. The smallest absolute Gasteiger partial charge is 0.0771 e. The van der Waals surface area contributed by atoms with E-state index in [1.807, 2.05) is 0 Å². The van der Waals surface area contributed by atoms with Gasteiger partial charge in [-0.3, -0.25) is 0 Å². The minimum Gasteiger partial charge on any atom is -0.389 e. The molecule has 1 aromatic carbocycles. The molecule has 0 aromatic heterocycles.